The maximum atomic E-state index is 12.1. The van der Waals surface area contributed by atoms with Crippen molar-refractivity contribution in [3.8, 4) is 12.3 Å². The van der Waals surface area contributed by atoms with Crippen LogP contribution in [0.2, 0.25) is 5.21 Å². The Morgan fingerprint density at radius 2 is 2.15 bits per heavy atom. The second-order valence-corrected chi connectivity index (χ2v) is 9.16. The van der Waals surface area contributed by atoms with Crippen LogP contribution in [0.1, 0.15) is 17.7 Å². The van der Waals surface area contributed by atoms with Gasteiger partial charge in [-0.2, -0.15) is 0 Å². The Hall–Kier alpha value is -3.03. The second kappa shape index (κ2) is 8.64. The molecule has 0 bridgehead atoms. The number of hydrogen-bond acceptors (Lipinski definition) is 12. The molecule has 3 N–H and O–H groups in total. The van der Waals surface area contributed by atoms with Gasteiger partial charge in [0.25, 0.3) is 0 Å². The van der Waals surface area contributed by atoms with Gasteiger partial charge in [-0.1, -0.05) is 5.92 Å². The smallest absolute Gasteiger partial charge is 0.430 e. The predicted octanol–water partition coefficient (Wildman–Crippen LogP) is -1.13. The molecule has 0 aliphatic carbocycles. The van der Waals surface area contributed by atoms with Crippen LogP contribution in [0.4, 0.5) is 10.6 Å². The van der Waals surface area contributed by atoms with Crippen LogP contribution in [0, 0.1) is 23.1 Å². The van der Waals surface area contributed by atoms with Crippen LogP contribution >= 0.6 is 22.6 Å². The van der Waals surface area contributed by atoms with Crippen LogP contribution in [0.25, 0.3) is 11.2 Å². The van der Waals surface area contributed by atoms with E-state index in [1.54, 1.807) is 20.3 Å². The maximum Gasteiger partial charge on any atom is 0.519 e. The summed E-state index contributed by atoms with van der Waals surface area (Å²) in [4.78, 5) is 35.9. The molecule has 3 atom stereocenters. The molecule has 1 aliphatic rings. The summed E-state index contributed by atoms with van der Waals surface area (Å²) in [6.07, 6.45) is 3.99. The zero-order valence-corrected chi connectivity index (χ0v) is 20.4. The van der Waals surface area contributed by atoms with Gasteiger partial charge in [0.2, 0.25) is 0 Å². The van der Waals surface area contributed by atoms with Crippen molar-refractivity contribution in [2.75, 3.05) is 12.3 Å². The number of aliphatic hydroxyl groups excluding tert-OH is 1. The third-order valence-electron chi connectivity index (χ3n) is 5.58. The van der Waals surface area contributed by atoms with E-state index in [0.29, 0.717) is 15.0 Å². The molecule has 16 heteroatoms. The molecule has 3 aromatic heterocycles. The Kier molecular flexibility index (Phi) is 6.12. The zero-order valence-electron chi connectivity index (χ0n) is 18.3. The molecule has 4 rings (SSSR count). The summed E-state index contributed by atoms with van der Waals surface area (Å²) in [7, 11) is 3.48. The Balaban J connectivity index is 1.54. The summed E-state index contributed by atoms with van der Waals surface area (Å²) >= 11 is 1.93. The predicted molar refractivity (Wildman–Crippen MR) is 128 cm³/mol. The van der Waals surface area contributed by atoms with E-state index >= 15 is 0 Å². The Morgan fingerprint density at radius 3 is 2.79 bits per heavy atom. The summed E-state index contributed by atoms with van der Waals surface area (Å²) in [5.41, 5.74) is 5.01. The van der Waals surface area contributed by atoms with Gasteiger partial charge in [0.15, 0.2) is 39.0 Å². The lowest BCUT2D eigenvalue weighted by Crippen LogP contribution is -2.47. The molecule has 1 fully saturated rings. The number of nitrogens with zero attached hydrogens (tertiary/aromatic N) is 4. The lowest BCUT2D eigenvalue weighted by molar-refractivity contribution is -0.0988. The van der Waals surface area contributed by atoms with Gasteiger partial charge in [-0.25, -0.2) is 24.5 Å². The van der Waals surface area contributed by atoms with Crippen LogP contribution in [0.15, 0.2) is 20.0 Å². The molecule has 0 saturated carbocycles. The molecule has 34 heavy (non-hydrogen) atoms. The number of aliphatic hydroxyl groups is 1. The molecule has 176 valence electrons. The van der Waals surface area contributed by atoms with Crippen molar-refractivity contribution in [1.29, 1.82) is 0 Å². The number of imidazole rings is 1. The highest BCUT2D eigenvalue weighted by Crippen LogP contribution is 2.52. The number of carbonyl (C=O) groups is 1. The third kappa shape index (κ3) is 4.03. The molecule has 0 radical (unpaired) electrons. The molecule has 0 spiro atoms. The van der Waals surface area contributed by atoms with E-state index in [4.69, 9.17) is 35.2 Å². The fourth-order valence-corrected chi connectivity index (χ4v) is 4.24. The molecule has 3 aromatic rings. The summed E-state index contributed by atoms with van der Waals surface area (Å²) in [5, 5.41) is 10.2. The SMILES string of the molecule is BC1(B)[C@H](n2cnc3c(N)nc(I)nc32)O[C@](C#C)(COC(=O)OCc2oc(=O)oc2C)[C@H]1O. The van der Waals surface area contributed by atoms with E-state index in [9.17, 15) is 14.7 Å². The van der Waals surface area contributed by atoms with Gasteiger partial charge >= 0.3 is 12.0 Å². The number of halogens is 1. The van der Waals surface area contributed by atoms with Gasteiger partial charge in [-0.05, 0) is 12.1 Å². The average Bonchev–Trinajstić information content (AvgIpc) is 3.39. The van der Waals surface area contributed by atoms with Gasteiger partial charge in [0, 0.05) is 22.6 Å². The fraction of sp³-hybridized carbons (Fsp3) is 0.389. The van der Waals surface area contributed by atoms with Crippen LogP contribution in [0.3, 0.4) is 0 Å². The van der Waals surface area contributed by atoms with E-state index in [1.165, 1.54) is 13.3 Å². The standard InChI is InChI=1S/C18H18B2IN5O8/c1-3-17(5-31-15(28)30-4-8-7(2)32-16(29)33-8)12(27)18(19,20)13(34-17)26-6-23-9-10(22)24-14(21)25-11(9)26/h1,6,12-13,27H,4-5,19-20H2,2H3,(H2,22,24,25)/t12-,13-,17-/m1/s1. The first-order valence-corrected chi connectivity index (χ1v) is 10.9. The monoisotopic (exact) mass is 581 g/mol. The molecule has 0 aromatic carbocycles. The van der Waals surface area contributed by atoms with Gasteiger partial charge in [-0.15, -0.1) is 6.42 Å². The molecular formula is C18H18B2IN5O8. The van der Waals surface area contributed by atoms with E-state index in [0.717, 1.165) is 0 Å². The van der Waals surface area contributed by atoms with Crippen molar-refractivity contribution in [2.45, 2.75) is 36.7 Å². The van der Waals surface area contributed by atoms with Crippen LogP contribution in [-0.4, -0.2) is 64.8 Å². The molecule has 13 nitrogen and oxygen atoms in total. The molecule has 0 unspecified atom stereocenters. The number of hydrogen-bond donors (Lipinski definition) is 2. The van der Waals surface area contributed by atoms with Crippen molar-refractivity contribution in [3.05, 3.63) is 32.3 Å². The van der Waals surface area contributed by atoms with Crippen molar-refractivity contribution < 1.29 is 32.9 Å². The molecule has 1 aliphatic heterocycles. The highest BCUT2D eigenvalue weighted by Gasteiger charge is 2.60. The quantitative estimate of drug-likeness (QED) is 0.122. The summed E-state index contributed by atoms with van der Waals surface area (Å²) in [6.45, 7) is 0.573. The van der Waals surface area contributed by atoms with E-state index < -0.39 is 48.3 Å². The van der Waals surface area contributed by atoms with Crippen molar-refractivity contribution in [3.63, 3.8) is 0 Å². The van der Waals surface area contributed by atoms with Crippen LogP contribution in [-0.2, 0) is 20.8 Å². The zero-order chi connectivity index (χ0) is 24.8. The number of aryl methyl sites for hydroxylation is 1. The molecule has 1 saturated heterocycles. The van der Waals surface area contributed by atoms with E-state index in [-0.39, 0.29) is 17.3 Å². The fourth-order valence-electron chi connectivity index (χ4n) is 3.76. The van der Waals surface area contributed by atoms with Crippen molar-refractivity contribution in [1.82, 2.24) is 19.5 Å². The summed E-state index contributed by atoms with van der Waals surface area (Å²) in [5.74, 6) is 1.90. The first kappa shape index (κ1) is 24.1. The second-order valence-electron chi connectivity index (χ2n) is 8.19. The Morgan fingerprint density at radius 1 is 1.41 bits per heavy atom. The number of ether oxygens (including phenoxy) is 3. The van der Waals surface area contributed by atoms with Gasteiger partial charge in [0.1, 0.15) is 34.0 Å². The number of nitrogens with two attached hydrogens (primary N) is 1. The lowest BCUT2D eigenvalue weighted by atomic mass is 9.49. The number of anilines is 1. The first-order valence-electron chi connectivity index (χ1n) is 9.86. The Bertz CT molecular complexity index is 1360. The van der Waals surface area contributed by atoms with Gasteiger partial charge in [0.05, 0.1) is 12.4 Å². The average molecular weight is 581 g/mol. The van der Waals surface area contributed by atoms with E-state index in [2.05, 4.69) is 20.9 Å². The highest BCUT2D eigenvalue weighted by molar-refractivity contribution is 14.1. The van der Waals surface area contributed by atoms with Crippen LogP contribution in [0.5, 0.6) is 0 Å². The minimum Gasteiger partial charge on any atom is -0.430 e. The largest absolute Gasteiger partial charge is 0.519 e. The van der Waals surface area contributed by atoms with Gasteiger partial charge in [-0.3, -0.25) is 4.57 Å². The topological polar surface area (TPSA) is 178 Å². The molecule has 0 amide bonds. The first-order chi connectivity index (χ1) is 16.0. The maximum absolute atomic E-state index is 12.1. The number of aromatic nitrogens is 4. The third-order valence-corrected chi connectivity index (χ3v) is 6.07. The molecular weight excluding hydrogens is 563 g/mol. The van der Waals surface area contributed by atoms with Crippen LogP contribution < -0.4 is 11.6 Å². The van der Waals surface area contributed by atoms with Crippen molar-refractivity contribution >= 4 is 61.4 Å². The normalized spacial score (nSPS) is 23.6. The van der Waals surface area contributed by atoms with Gasteiger partial charge < -0.3 is 33.9 Å². The number of terminal acetylenes is 1. The number of nitrogen functional groups attached to an aromatic ring is 1. The minimum atomic E-state index is -1.70. The number of carbonyl (C=O) groups excluding carboxylic acids is 1. The van der Waals surface area contributed by atoms with Crippen molar-refractivity contribution in [2.24, 2.45) is 0 Å². The Labute approximate surface area is 207 Å². The number of fused-ring (bicyclic) bond motifs is 1. The lowest BCUT2D eigenvalue weighted by Gasteiger charge is -2.30. The highest BCUT2D eigenvalue weighted by atomic mass is 127. The minimum absolute atomic E-state index is 0.0369. The molecule has 4 heterocycles. The summed E-state index contributed by atoms with van der Waals surface area (Å²) in [6, 6.07) is 0. The number of rotatable bonds is 5. The van der Waals surface area contributed by atoms with E-state index in [1.807, 2.05) is 22.6 Å². The summed E-state index contributed by atoms with van der Waals surface area (Å²) < 4.78 is 27.6.